The van der Waals surface area contributed by atoms with Gasteiger partial charge in [-0.3, -0.25) is 9.59 Å². The van der Waals surface area contributed by atoms with Crippen LogP contribution in [-0.2, 0) is 19.1 Å². The Morgan fingerprint density at radius 3 is 2.67 bits per heavy atom. The molecule has 3 unspecified atom stereocenters. The fourth-order valence-corrected chi connectivity index (χ4v) is 4.75. The molecule has 1 heterocycles. The first-order valence-corrected chi connectivity index (χ1v) is 12.4. The van der Waals surface area contributed by atoms with E-state index in [1.54, 1.807) is 23.1 Å². The van der Waals surface area contributed by atoms with Crippen LogP contribution in [-0.4, -0.2) is 55.2 Å². The molecule has 0 aromatic heterocycles. The molecule has 1 aromatic rings. The van der Waals surface area contributed by atoms with Crippen molar-refractivity contribution in [2.24, 2.45) is 11.3 Å². The number of nitrogens with one attached hydrogen (secondary N) is 1. The first kappa shape index (κ1) is 25.6. The molecule has 6 nitrogen and oxygen atoms in total. The Morgan fingerprint density at radius 1 is 1.27 bits per heavy atom. The van der Waals surface area contributed by atoms with E-state index in [1.807, 2.05) is 19.1 Å². The molecule has 7 heteroatoms. The number of ether oxygens (including phenoxy) is 2. The van der Waals surface area contributed by atoms with Gasteiger partial charge in [-0.15, -0.1) is 0 Å². The van der Waals surface area contributed by atoms with Crippen LogP contribution in [0.2, 0.25) is 5.02 Å². The number of hydrogen-bond acceptors (Lipinski definition) is 4. The standard InChI is InChI=1S/C26H37ClN2O4/c1-5-32-14-6-13-28-24(30)17-29-21-16-19(26(2,3)4)9-12-22(21)33-23(25(29)31)15-18-7-10-20(27)11-8-18/h7-8,10-11,15,19,21-22H,5-6,9,12-14,16-17H2,1-4H3,(H,28,30)/b23-15+. The second-order valence-corrected chi connectivity index (χ2v) is 10.4. The highest BCUT2D eigenvalue weighted by Gasteiger charge is 2.46. The minimum atomic E-state index is -0.231. The lowest BCUT2D eigenvalue weighted by Crippen LogP contribution is -2.58. The van der Waals surface area contributed by atoms with Gasteiger partial charge in [0.15, 0.2) is 5.76 Å². The summed E-state index contributed by atoms with van der Waals surface area (Å²) in [5.41, 5.74) is 0.977. The maximum atomic E-state index is 13.5. The van der Waals surface area contributed by atoms with Crippen molar-refractivity contribution in [2.75, 3.05) is 26.3 Å². The van der Waals surface area contributed by atoms with Crippen molar-refractivity contribution in [1.29, 1.82) is 0 Å². The number of morpholine rings is 1. The lowest BCUT2D eigenvalue weighted by Gasteiger charge is -2.48. The van der Waals surface area contributed by atoms with Crippen molar-refractivity contribution < 1.29 is 19.1 Å². The zero-order valence-corrected chi connectivity index (χ0v) is 21.0. The van der Waals surface area contributed by atoms with E-state index < -0.39 is 0 Å². The third-order valence-corrected chi connectivity index (χ3v) is 6.86. The van der Waals surface area contributed by atoms with Crippen molar-refractivity contribution in [2.45, 2.75) is 65.5 Å². The van der Waals surface area contributed by atoms with Crippen molar-refractivity contribution in [1.82, 2.24) is 10.2 Å². The molecule has 1 aliphatic carbocycles. The molecule has 3 rings (SSSR count). The van der Waals surface area contributed by atoms with Crippen LogP contribution < -0.4 is 5.32 Å². The molecule has 2 amide bonds. The highest BCUT2D eigenvalue weighted by atomic mass is 35.5. The fraction of sp³-hybridized carbons (Fsp3) is 0.615. The minimum Gasteiger partial charge on any atom is -0.482 e. The zero-order chi connectivity index (χ0) is 24.0. The Kier molecular flexibility index (Phi) is 8.82. The van der Waals surface area contributed by atoms with Crippen LogP contribution in [0.15, 0.2) is 30.0 Å². The molecule has 1 saturated heterocycles. The van der Waals surface area contributed by atoms with Gasteiger partial charge in [-0.2, -0.15) is 0 Å². The predicted molar refractivity (Wildman–Crippen MR) is 131 cm³/mol. The van der Waals surface area contributed by atoms with E-state index >= 15 is 0 Å². The van der Waals surface area contributed by atoms with Gasteiger partial charge in [0.1, 0.15) is 12.6 Å². The Balaban J connectivity index is 1.77. The number of benzene rings is 1. The van der Waals surface area contributed by atoms with Crippen LogP contribution >= 0.6 is 11.6 Å². The highest BCUT2D eigenvalue weighted by molar-refractivity contribution is 6.30. The molecule has 1 aromatic carbocycles. The van der Waals surface area contributed by atoms with E-state index in [9.17, 15) is 9.59 Å². The second-order valence-electron chi connectivity index (χ2n) is 9.99. The number of hydrogen-bond donors (Lipinski definition) is 1. The lowest BCUT2D eigenvalue weighted by molar-refractivity contribution is -0.154. The van der Waals surface area contributed by atoms with Crippen LogP contribution in [0, 0.1) is 11.3 Å². The largest absolute Gasteiger partial charge is 0.482 e. The Hall–Kier alpha value is -2.05. The average Bonchev–Trinajstić information content (AvgIpc) is 2.77. The molecule has 0 spiro atoms. The summed E-state index contributed by atoms with van der Waals surface area (Å²) >= 11 is 6.00. The SMILES string of the molecule is CCOCCCNC(=O)CN1C(=O)/C(=C\c2ccc(Cl)cc2)OC2CCC(C(C)(C)C)CC21. The molecular formula is C26H37ClN2O4. The highest BCUT2D eigenvalue weighted by Crippen LogP contribution is 2.42. The molecule has 1 N–H and O–H groups in total. The van der Waals surface area contributed by atoms with Gasteiger partial charge >= 0.3 is 0 Å². The van der Waals surface area contributed by atoms with Gasteiger partial charge < -0.3 is 19.7 Å². The first-order valence-electron chi connectivity index (χ1n) is 12.0. The van der Waals surface area contributed by atoms with Gasteiger partial charge in [-0.05, 0) is 67.7 Å². The molecule has 2 aliphatic rings. The Labute approximate surface area is 202 Å². The summed E-state index contributed by atoms with van der Waals surface area (Å²) in [5.74, 6) is 0.375. The molecule has 182 valence electrons. The molecule has 3 atom stereocenters. The van der Waals surface area contributed by atoms with Gasteiger partial charge in [-0.1, -0.05) is 44.5 Å². The topological polar surface area (TPSA) is 67.9 Å². The van der Waals surface area contributed by atoms with Crippen molar-refractivity contribution in [3.05, 3.63) is 40.6 Å². The molecular weight excluding hydrogens is 440 g/mol. The summed E-state index contributed by atoms with van der Waals surface area (Å²) in [6, 6.07) is 7.17. The van der Waals surface area contributed by atoms with Crippen LogP contribution in [0.25, 0.3) is 6.08 Å². The van der Waals surface area contributed by atoms with E-state index in [0.29, 0.717) is 30.7 Å². The quantitative estimate of drug-likeness (QED) is 0.437. The monoisotopic (exact) mass is 476 g/mol. The third kappa shape index (κ3) is 6.97. The minimum absolute atomic E-state index is 0.0345. The van der Waals surface area contributed by atoms with E-state index in [-0.39, 0.29) is 41.7 Å². The van der Waals surface area contributed by atoms with Crippen molar-refractivity contribution in [3.63, 3.8) is 0 Å². The van der Waals surface area contributed by atoms with Gasteiger partial charge in [0.25, 0.3) is 5.91 Å². The van der Waals surface area contributed by atoms with Crippen molar-refractivity contribution >= 4 is 29.5 Å². The molecule has 1 saturated carbocycles. The number of fused-ring (bicyclic) bond motifs is 1. The number of carbonyl (C=O) groups is 2. The molecule has 0 bridgehead atoms. The fourth-order valence-electron chi connectivity index (χ4n) is 4.63. The van der Waals surface area contributed by atoms with E-state index in [0.717, 1.165) is 31.2 Å². The van der Waals surface area contributed by atoms with E-state index in [2.05, 4.69) is 26.1 Å². The molecule has 2 fully saturated rings. The number of amides is 2. The van der Waals surface area contributed by atoms with Gasteiger partial charge in [0.2, 0.25) is 5.91 Å². The van der Waals surface area contributed by atoms with E-state index in [4.69, 9.17) is 21.1 Å². The average molecular weight is 477 g/mol. The summed E-state index contributed by atoms with van der Waals surface area (Å²) in [4.78, 5) is 27.9. The summed E-state index contributed by atoms with van der Waals surface area (Å²) in [7, 11) is 0. The van der Waals surface area contributed by atoms with Crippen LogP contribution in [0.4, 0.5) is 0 Å². The summed E-state index contributed by atoms with van der Waals surface area (Å²) in [6.45, 7) is 10.5. The van der Waals surface area contributed by atoms with Gasteiger partial charge in [-0.25, -0.2) is 0 Å². The molecule has 33 heavy (non-hydrogen) atoms. The molecule has 0 radical (unpaired) electrons. The van der Waals surface area contributed by atoms with E-state index in [1.165, 1.54) is 0 Å². The lowest BCUT2D eigenvalue weighted by atomic mass is 9.69. The number of rotatable bonds is 8. The number of halogens is 1. The second kappa shape index (κ2) is 11.4. The smallest absolute Gasteiger partial charge is 0.289 e. The molecule has 1 aliphatic heterocycles. The van der Waals surface area contributed by atoms with Crippen LogP contribution in [0.3, 0.4) is 0 Å². The summed E-state index contributed by atoms with van der Waals surface area (Å²) < 4.78 is 11.6. The van der Waals surface area contributed by atoms with Gasteiger partial charge in [0.05, 0.1) is 6.04 Å². The zero-order valence-electron chi connectivity index (χ0n) is 20.2. The Morgan fingerprint density at radius 2 is 2.00 bits per heavy atom. The normalized spacial score (nSPS) is 24.4. The maximum absolute atomic E-state index is 13.5. The van der Waals surface area contributed by atoms with Crippen LogP contribution in [0.1, 0.15) is 58.9 Å². The van der Waals surface area contributed by atoms with Crippen LogP contribution in [0.5, 0.6) is 0 Å². The first-order chi connectivity index (χ1) is 15.7. The van der Waals surface area contributed by atoms with Crippen molar-refractivity contribution in [3.8, 4) is 0 Å². The number of nitrogens with zero attached hydrogens (tertiary/aromatic N) is 1. The third-order valence-electron chi connectivity index (χ3n) is 6.60. The number of carbonyl (C=O) groups excluding carboxylic acids is 2. The summed E-state index contributed by atoms with van der Waals surface area (Å²) in [6.07, 6.45) is 5.14. The Bertz CT molecular complexity index is 847. The summed E-state index contributed by atoms with van der Waals surface area (Å²) in [5, 5.41) is 3.56. The van der Waals surface area contributed by atoms with Gasteiger partial charge in [0, 0.05) is 24.8 Å². The predicted octanol–water partition coefficient (Wildman–Crippen LogP) is 4.67. The maximum Gasteiger partial charge on any atom is 0.289 e.